The number of amides is 3. The molecule has 2 aromatic heterocycles. The molecule has 4 fully saturated rings. The lowest BCUT2D eigenvalue weighted by molar-refractivity contribution is -0.147. The molecule has 3 amide bonds. The van der Waals surface area contributed by atoms with Crippen molar-refractivity contribution >= 4 is 52.6 Å². The number of pyridine rings is 1. The molecule has 1 aliphatic carbocycles. The number of nitrogens with zero attached hydrogens (tertiary/aromatic N) is 4. The van der Waals surface area contributed by atoms with Crippen LogP contribution in [0.4, 0.5) is 4.39 Å². The van der Waals surface area contributed by atoms with Gasteiger partial charge in [-0.05, 0) is 111 Å². The number of rotatable bonds is 14. The molecule has 1 spiro atoms. The van der Waals surface area contributed by atoms with E-state index in [9.17, 15) is 29.0 Å². The Morgan fingerprint density at radius 1 is 1.06 bits per heavy atom. The number of para-hydroxylation sites is 1. The molecule has 0 radical (unpaired) electrons. The topological polar surface area (TPSA) is 180 Å². The third kappa shape index (κ3) is 8.30. The highest BCUT2D eigenvalue weighted by Gasteiger charge is 2.64. The fourth-order valence-electron chi connectivity index (χ4n) is 9.39. The van der Waals surface area contributed by atoms with Gasteiger partial charge in [-0.25, -0.2) is 9.48 Å². The summed E-state index contributed by atoms with van der Waals surface area (Å²) in [7, 11) is -2.90. The predicted molar refractivity (Wildman–Crippen MR) is 229 cm³/mol. The first-order valence-corrected chi connectivity index (χ1v) is 23.7. The number of carbonyl (C=O) groups excluding carboxylic acids is 4. The van der Waals surface area contributed by atoms with E-state index >= 15 is 4.39 Å². The number of thiophene rings is 1. The first kappa shape index (κ1) is 43.3. The van der Waals surface area contributed by atoms with Crippen LogP contribution in [0.3, 0.4) is 0 Å². The van der Waals surface area contributed by atoms with E-state index in [0.29, 0.717) is 73.7 Å². The minimum absolute atomic E-state index is 0.0106. The molecule has 8 rings (SSSR count). The van der Waals surface area contributed by atoms with Gasteiger partial charge in [-0.3, -0.25) is 28.7 Å². The molecule has 4 aliphatic rings. The third-order valence-corrected chi connectivity index (χ3v) is 15.9. The van der Waals surface area contributed by atoms with Gasteiger partial charge in [-0.15, -0.1) is 11.3 Å². The van der Waals surface area contributed by atoms with E-state index in [4.69, 9.17) is 14.0 Å². The molecule has 1 saturated carbocycles. The lowest BCUT2D eigenvalue weighted by Gasteiger charge is -2.35. The molecule has 2 aromatic carbocycles. The highest BCUT2D eigenvalue weighted by Crippen LogP contribution is 2.59. The van der Waals surface area contributed by atoms with Crippen molar-refractivity contribution in [3.8, 4) is 17.6 Å². The summed E-state index contributed by atoms with van der Waals surface area (Å²) >= 11 is 1.17. The summed E-state index contributed by atoms with van der Waals surface area (Å²) in [5, 5.41) is 16.4. The average Bonchev–Trinajstić information content (AvgIpc) is 3.65. The highest BCUT2D eigenvalue weighted by molar-refractivity contribution is 7.57. The number of likely N-dealkylation sites (tertiary alicyclic amines) is 1. The number of hydrogen-bond donors (Lipinski definition) is 2. The van der Waals surface area contributed by atoms with Crippen molar-refractivity contribution in [2.24, 2.45) is 5.92 Å². The van der Waals surface area contributed by atoms with E-state index in [-0.39, 0.29) is 46.6 Å². The van der Waals surface area contributed by atoms with Gasteiger partial charge in [0.15, 0.2) is 0 Å². The molecular formula is C45H50FN6O8PS. The van der Waals surface area contributed by atoms with E-state index in [1.807, 2.05) is 17.9 Å². The minimum Gasteiger partial charge on any atom is -0.495 e. The predicted octanol–water partition coefficient (Wildman–Crippen LogP) is 7.42. The van der Waals surface area contributed by atoms with Crippen LogP contribution >= 0.6 is 18.9 Å². The van der Waals surface area contributed by atoms with Crippen molar-refractivity contribution in [3.63, 3.8) is 0 Å². The summed E-state index contributed by atoms with van der Waals surface area (Å²) in [6, 6.07) is 15.8. The molecule has 14 nitrogen and oxygen atoms in total. The fraction of sp³-hybridized carbons (Fsp3) is 0.467. The van der Waals surface area contributed by atoms with E-state index in [1.165, 1.54) is 42.5 Å². The van der Waals surface area contributed by atoms with E-state index in [2.05, 4.69) is 21.5 Å². The van der Waals surface area contributed by atoms with Gasteiger partial charge in [0.25, 0.3) is 5.91 Å². The van der Waals surface area contributed by atoms with Gasteiger partial charge in [0.1, 0.15) is 29.6 Å². The van der Waals surface area contributed by atoms with Crippen molar-refractivity contribution in [2.45, 2.75) is 107 Å². The lowest BCUT2D eigenvalue weighted by atomic mass is 9.85. The van der Waals surface area contributed by atoms with Crippen LogP contribution in [0.1, 0.15) is 97.8 Å². The summed E-state index contributed by atoms with van der Waals surface area (Å²) in [5.41, 5.74) is 0.255. The van der Waals surface area contributed by atoms with Gasteiger partial charge in [0.2, 0.25) is 17.7 Å². The molecule has 5 heterocycles. The van der Waals surface area contributed by atoms with Crippen LogP contribution in [0.15, 0.2) is 73.1 Å². The number of nitrogens with one attached hydrogen (secondary N) is 2. The number of alkyl halides is 1. The molecule has 2 N–H and O–H groups in total. The smallest absolute Gasteiger partial charge is 0.355 e. The zero-order valence-electron chi connectivity index (χ0n) is 34.8. The Labute approximate surface area is 363 Å². The minimum atomic E-state index is -4.46. The van der Waals surface area contributed by atoms with Gasteiger partial charge < -0.3 is 29.1 Å². The summed E-state index contributed by atoms with van der Waals surface area (Å²) in [6.07, 6.45) is 8.28. The first-order valence-electron chi connectivity index (χ1n) is 21.2. The molecular weight excluding hydrogens is 835 g/mol. The van der Waals surface area contributed by atoms with Crippen LogP contribution in [-0.2, 0) is 23.7 Å². The molecule has 3 saturated heterocycles. The van der Waals surface area contributed by atoms with Crippen molar-refractivity contribution in [3.05, 3.63) is 89.1 Å². The molecule has 1 unspecified atom stereocenters. The van der Waals surface area contributed by atoms with E-state index in [1.54, 1.807) is 54.7 Å². The summed E-state index contributed by atoms with van der Waals surface area (Å²) in [5.74, 6) is -3.79. The van der Waals surface area contributed by atoms with Crippen LogP contribution in [0, 0.1) is 17.2 Å². The Morgan fingerprint density at radius 2 is 1.85 bits per heavy atom. The van der Waals surface area contributed by atoms with Gasteiger partial charge in [0, 0.05) is 29.4 Å². The SMILES string of the molecule is CCCOC(=O)[C@H](C)NP(=O)(Oc1ccccc1)[C@@H](F)c1ccc2sc(C(=O)N[C@H]3CCC[C@H]4CC[C@@H](C(=O)N5C[C@@H](c6cncc(OC)c6)[C@H](C#N)C56CC6)N4C3=O)cc2c1. The number of hydrogen-bond acceptors (Lipinski definition) is 11. The Morgan fingerprint density at radius 3 is 2.58 bits per heavy atom. The largest absolute Gasteiger partial charge is 0.495 e. The zero-order chi connectivity index (χ0) is 43.8. The number of halogens is 1. The Balaban J connectivity index is 0.980. The molecule has 4 aromatic rings. The van der Waals surface area contributed by atoms with Crippen LogP contribution in [0.25, 0.3) is 10.1 Å². The molecule has 17 heteroatoms. The maximum atomic E-state index is 16.6. The van der Waals surface area contributed by atoms with Gasteiger partial charge in [0.05, 0.1) is 42.3 Å². The monoisotopic (exact) mass is 884 g/mol. The van der Waals surface area contributed by atoms with Gasteiger partial charge in [-0.2, -0.15) is 5.26 Å². The van der Waals surface area contributed by atoms with Crippen LogP contribution in [0.2, 0.25) is 0 Å². The number of nitriles is 1. The normalized spacial score (nSPS) is 24.6. The second-order valence-electron chi connectivity index (χ2n) is 16.6. The van der Waals surface area contributed by atoms with E-state index in [0.717, 1.165) is 5.56 Å². The van der Waals surface area contributed by atoms with Crippen molar-refractivity contribution in [1.82, 2.24) is 25.2 Å². The highest BCUT2D eigenvalue weighted by atomic mass is 32.1. The van der Waals surface area contributed by atoms with Gasteiger partial charge in [-0.1, -0.05) is 31.2 Å². The number of fused-ring (bicyclic) bond motifs is 2. The van der Waals surface area contributed by atoms with E-state index < -0.39 is 54.9 Å². The summed E-state index contributed by atoms with van der Waals surface area (Å²) < 4.78 is 47.9. The number of esters is 1. The summed E-state index contributed by atoms with van der Waals surface area (Å²) in [4.78, 5) is 63.7. The number of carbonyl (C=O) groups is 4. The molecule has 3 aliphatic heterocycles. The maximum absolute atomic E-state index is 16.6. The van der Waals surface area contributed by atoms with Crippen LogP contribution < -0.4 is 19.7 Å². The quantitative estimate of drug-likeness (QED) is 0.0951. The van der Waals surface area contributed by atoms with Crippen LogP contribution in [0.5, 0.6) is 11.5 Å². The average molecular weight is 885 g/mol. The maximum Gasteiger partial charge on any atom is 0.355 e. The van der Waals surface area contributed by atoms with Gasteiger partial charge >= 0.3 is 13.5 Å². The first-order chi connectivity index (χ1) is 29.9. The summed E-state index contributed by atoms with van der Waals surface area (Å²) in [6.45, 7) is 3.76. The Bertz CT molecular complexity index is 2440. The molecule has 326 valence electrons. The second-order valence-corrected chi connectivity index (χ2v) is 19.8. The number of aromatic nitrogens is 1. The Hall–Kier alpha value is -5.36. The van der Waals surface area contributed by atoms with Crippen molar-refractivity contribution in [2.75, 3.05) is 20.3 Å². The number of ether oxygens (including phenoxy) is 2. The lowest BCUT2D eigenvalue weighted by Crippen LogP contribution is -2.56. The van der Waals surface area contributed by atoms with Crippen molar-refractivity contribution < 1.29 is 42.1 Å². The zero-order valence-corrected chi connectivity index (χ0v) is 36.5. The fourth-order valence-corrected chi connectivity index (χ4v) is 12.2. The standard InChI is InChI=1S/C45H50FN6O8PS/c1-4-19-59-44(56)27(2)50-61(57,60-32-10-6-5-7-11-32)40(46)28-13-16-38-29(20-28)22-39(62-38)41(53)49-36-12-8-9-31-14-15-37(52(31)42(36)54)43(55)51-26-34(35(23-47)45(51)17-18-45)30-21-33(58-3)25-48-24-30/h5-7,10-11,13,16,20-22,24-25,27,31,34-37,40H,4,8-9,12,14-15,17-19,26H2,1-3H3,(H,49,53)(H,50,57)/t27-,31-,34-,35-,36-,37-,40+,61?/m0/s1. The van der Waals surface area contributed by atoms with Crippen molar-refractivity contribution in [1.29, 1.82) is 5.26 Å². The molecule has 62 heavy (non-hydrogen) atoms. The second kappa shape index (κ2) is 17.8. The number of benzene rings is 2. The molecule has 8 atom stereocenters. The third-order valence-electron chi connectivity index (χ3n) is 12.6. The molecule has 0 bridgehead atoms. The van der Waals surface area contributed by atoms with Crippen LogP contribution in [-0.4, -0.2) is 88.4 Å². The Kier molecular flexibility index (Phi) is 12.4. The number of methoxy groups -OCH3 is 1.